The first kappa shape index (κ1) is 14.6. The lowest BCUT2D eigenvalue weighted by atomic mass is 10.0. The van der Waals surface area contributed by atoms with E-state index in [4.69, 9.17) is 14.6 Å². The van der Waals surface area contributed by atoms with Crippen molar-refractivity contribution in [3.05, 3.63) is 0 Å². The first-order chi connectivity index (χ1) is 8.90. The minimum absolute atomic E-state index is 0.0572. The first-order valence-electron chi connectivity index (χ1n) is 7.14. The monoisotopic (exact) mass is 271 g/mol. The number of aliphatic hydroxyl groups excluding tert-OH is 1. The number of nitrogens with zero attached hydrogens (tertiary/aromatic N) is 1. The van der Waals surface area contributed by atoms with Crippen LogP contribution < -0.4 is 0 Å². The van der Waals surface area contributed by atoms with E-state index >= 15 is 0 Å². The van der Waals surface area contributed by atoms with Gasteiger partial charge in [-0.15, -0.1) is 0 Å². The molecule has 2 bridgehead atoms. The van der Waals surface area contributed by atoms with Crippen LogP contribution in [0.2, 0.25) is 0 Å². The summed E-state index contributed by atoms with van der Waals surface area (Å²) in [5, 5.41) is 8.80. The van der Waals surface area contributed by atoms with Gasteiger partial charge in [-0.2, -0.15) is 0 Å². The zero-order valence-electron chi connectivity index (χ0n) is 12.1. The van der Waals surface area contributed by atoms with E-state index in [0.29, 0.717) is 6.61 Å². The Hall–Kier alpha value is -0.810. The molecular weight excluding hydrogens is 246 g/mol. The molecule has 2 fully saturated rings. The third-order valence-corrected chi connectivity index (χ3v) is 3.74. The van der Waals surface area contributed by atoms with Gasteiger partial charge in [0.15, 0.2) is 0 Å². The molecule has 2 saturated heterocycles. The summed E-state index contributed by atoms with van der Waals surface area (Å²) >= 11 is 0. The summed E-state index contributed by atoms with van der Waals surface area (Å²) < 4.78 is 11.1. The Morgan fingerprint density at radius 2 is 1.84 bits per heavy atom. The molecule has 2 heterocycles. The van der Waals surface area contributed by atoms with Crippen LogP contribution >= 0.6 is 0 Å². The Morgan fingerprint density at radius 3 is 2.32 bits per heavy atom. The van der Waals surface area contributed by atoms with Crippen molar-refractivity contribution in [1.82, 2.24) is 4.90 Å². The summed E-state index contributed by atoms with van der Waals surface area (Å²) in [4.78, 5) is 14.1. The zero-order chi connectivity index (χ0) is 14.0. The van der Waals surface area contributed by atoms with Gasteiger partial charge < -0.3 is 19.5 Å². The van der Waals surface area contributed by atoms with E-state index in [2.05, 4.69) is 0 Å². The number of hydrogen-bond acceptors (Lipinski definition) is 4. The molecular formula is C14H25NO4. The van der Waals surface area contributed by atoms with E-state index in [9.17, 15) is 4.79 Å². The molecule has 1 N–H and O–H groups in total. The summed E-state index contributed by atoms with van der Waals surface area (Å²) in [6, 6.07) is 0.467. The van der Waals surface area contributed by atoms with E-state index in [0.717, 1.165) is 25.7 Å². The summed E-state index contributed by atoms with van der Waals surface area (Å²) in [5.41, 5.74) is -0.444. The Balaban J connectivity index is 1.93. The largest absolute Gasteiger partial charge is 0.444 e. The summed E-state index contributed by atoms with van der Waals surface area (Å²) in [7, 11) is 0. The average Bonchev–Trinajstić information content (AvgIpc) is 2.56. The van der Waals surface area contributed by atoms with Gasteiger partial charge in [0.1, 0.15) is 5.60 Å². The van der Waals surface area contributed by atoms with Crippen LogP contribution in [0.3, 0.4) is 0 Å². The maximum absolute atomic E-state index is 12.2. The standard InChI is InChI=1S/C14H25NO4/c1-14(2,3)19-13(17)15-10-4-5-11(15)9-12(8-10)18-7-6-16/h10-12,16H,4-9H2,1-3H3/t10-,11-/m0/s1. The maximum Gasteiger partial charge on any atom is 0.410 e. The summed E-state index contributed by atoms with van der Waals surface area (Å²) in [6.45, 7) is 6.12. The quantitative estimate of drug-likeness (QED) is 0.852. The van der Waals surface area contributed by atoms with Crippen molar-refractivity contribution in [2.24, 2.45) is 0 Å². The second kappa shape index (κ2) is 5.67. The van der Waals surface area contributed by atoms with Gasteiger partial charge in [0.2, 0.25) is 0 Å². The van der Waals surface area contributed by atoms with Gasteiger partial charge in [-0.05, 0) is 46.5 Å². The van der Waals surface area contributed by atoms with Crippen LogP contribution in [-0.2, 0) is 9.47 Å². The lowest BCUT2D eigenvalue weighted by molar-refractivity contribution is -0.0411. The average molecular weight is 271 g/mol. The number of hydrogen-bond donors (Lipinski definition) is 1. The van der Waals surface area contributed by atoms with E-state index in [1.165, 1.54) is 0 Å². The molecule has 2 aliphatic rings. The number of ether oxygens (including phenoxy) is 2. The SMILES string of the molecule is CC(C)(C)OC(=O)N1[C@H]2CC[C@H]1CC(OCCO)C2. The van der Waals surface area contributed by atoms with Crippen molar-refractivity contribution in [3.63, 3.8) is 0 Å². The highest BCUT2D eigenvalue weighted by Crippen LogP contribution is 2.37. The first-order valence-corrected chi connectivity index (χ1v) is 7.14. The zero-order valence-corrected chi connectivity index (χ0v) is 12.1. The molecule has 0 unspecified atom stereocenters. The molecule has 2 aliphatic heterocycles. The number of carbonyl (C=O) groups excluding carboxylic acids is 1. The molecule has 1 amide bonds. The highest BCUT2D eigenvalue weighted by molar-refractivity contribution is 5.69. The Bertz CT molecular complexity index is 312. The number of rotatable bonds is 3. The van der Waals surface area contributed by atoms with Crippen molar-refractivity contribution in [2.45, 2.75) is 70.2 Å². The van der Waals surface area contributed by atoms with E-state index in [-0.39, 0.29) is 30.9 Å². The Morgan fingerprint density at radius 1 is 1.26 bits per heavy atom. The van der Waals surface area contributed by atoms with Crippen molar-refractivity contribution < 1.29 is 19.4 Å². The molecule has 2 rings (SSSR count). The molecule has 0 spiro atoms. The van der Waals surface area contributed by atoms with Crippen molar-refractivity contribution in [1.29, 1.82) is 0 Å². The third kappa shape index (κ3) is 3.60. The smallest absolute Gasteiger partial charge is 0.410 e. The fraction of sp³-hybridized carbons (Fsp3) is 0.929. The van der Waals surface area contributed by atoms with E-state index in [1.54, 1.807) is 0 Å². The van der Waals surface area contributed by atoms with Gasteiger partial charge in [-0.3, -0.25) is 0 Å². The molecule has 0 aromatic heterocycles. The number of carbonyl (C=O) groups is 1. The third-order valence-electron chi connectivity index (χ3n) is 3.74. The van der Waals surface area contributed by atoms with Crippen LogP contribution in [-0.4, -0.2) is 53.1 Å². The van der Waals surface area contributed by atoms with Gasteiger partial charge in [0, 0.05) is 12.1 Å². The number of piperidine rings is 1. The van der Waals surface area contributed by atoms with Gasteiger partial charge in [0.25, 0.3) is 0 Å². The second-order valence-electron chi connectivity index (χ2n) is 6.46. The molecule has 0 radical (unpaired) electrons. The topological polar surface area (TPSA) is 59.0 Å². The van der Waals surface area contributed by atoms with Gasteiger partial charge in [-0.25, -0.2) is 4.79 Å². The van der Waals surface area contributed by atoms with E-state index in [1.807, 2.05) is 25.7 Å². The molecule has 5 heteroatoms. The fourth-order valence-electron chi connectivity index (χ4n) is 3.10. The van der Waals surface area contributed by atoms with Crippen LogP contribution in [0.25, 0.3) is 0 Å². The number of aliphatic hydroxyl groups is 1. The highest BCUT2D eigenvalue weighted by Gasteiger charge is 2.45. The molecule has 0 aromatic carbocycles. The maximum atomic E-state index is 12.2. The lowest BCUT2D eigenvalue weighted by Gasteiger charge is -2.39. The van der Waals surface area contributed by atoms with Crippen LogP contribution in [0.1, 0.15) is 46.5 Å². The van der Waals surface area contributed by atoms with Gasteiger partial charge in [-0.1, -0.05) is 0 Å². The van der Waals surface area contributed by atoms with Crippen molar-refractivity contribution in [2.75, 3.05) is 13.2 Å². The van der Waals surface area contributed by atoms with E-state index < -0.39 is 5.60 Å². The highest BCUT2D eigenvalue weighted by atomic mass is 16.6. The van der Waals surface area contributed by atoms with Crippen molar-refractivity contribution >= 4 is 6.09 Å². The molecule has 2 atom stereocenters. The van der Waals surface area contributed by atoms with Crippen LogP contribution in [0.5, 0.6) is 0 Å². The van der Waals surface area contributed by atoms with Gasteiger partial charge in [0.05, 0.1) is 19.3 Å². The minimum Gasteiger partial charge on any atom is -0.444 e. The minimum atomic E-state index is -0.444. The molecule has 0 aliphatic carbocycles. The Labute approximate surface area is 114 Å². The molecule has 0 saturated carbocycles. The van der Waals surface area contributed by atoms with Gasteiger partial charge >= 0.3 is 6.09 Å². The lowest BCUT2D eigenvalue weighted by Crippen LogP contribution is -2.50. The number of fused-ring (bicyclic) bond motifs is 2. The molecule has 5 nitrogen and oxygen atoms in total. The van der Waals surface area contributed by atoms with Crippen LogP contribution in [0.4, 0.5) is 4.79 Å². The Kier molecular flexibility index (Phi) is 4.36. The predicted octanol–water partition coefficient (Wildman–Crippen LogP) is 1.93. The van der Waals surface area contributed by atoms with Crippen LogP contribution in [0.15, 0.2) is 0 Å². The molecule has 19 heavy (non-hydrogen) atoms. The van der Waals surface area contributed by atoms with Crippen LogP contribution in [0, 0.1) is 0 Å². The summed E-state index contributed by atoms with van der Waals surface area (Å²) in [6.07, 6.45) is 3.75. The summed E-state index contributed by atoms with van der Waals surface area (Å²) in [5.74, 6) is 0. The molecule has 110 valence electrons. The fourth-order valence-corrected chi connectivity index (χ4v) is 3.10. The normalized spacial score (nSPS) is 30.5. The number of amides is 1. The molecule has 0 aromatic rings. The van der Waals surface area contributed by atoms with Crippen molar-refractivity contribution in [3.8, 4) is 0 Å². The predicted molar refractivity (Wildman–Crippen MR) is 70.9 cm³/mol. The second-order valence-corrected chi connectivity index (χ2v) is 6.46.